The van der Waals surface area contributed by atoms with Gasteiger partial charge in [0.15, 0.2) is 0 Å². The first-order chi connectivity index (χ1) is 6.75. The summed E-state index contributed by atoms with van der Waals surface area (Å²) >= 11 is 0. The van der Waals surface area contributed by atoms with E-state index in [0.717, 1.165) is 0 Å². The van der Waals surface area contributed by atoms with Gasteiger partial charge in [-0.25, -0.2) is 8.78 Å². The zero-order valence-electron chi connectivity index (χ0n) is 8.05. The summed E-state index contributed by atoms with van der Waals surface area (Å²) in [7, 11) is 0. The monoisotopic (exact) mass is 232 g/mol. The van der Waals surface area contributed by atoms with Crippen molar-refractivity contribution in [1.29, 1.82) is 0 Å². The van der Waals surface area contributed by atoms with Crippen LogP contribution in [-0.4, -0.2) is 36.1 Å². The van der Waals surface area contributed by atoms with Gasteiger partial charge in [0.2, 0.25) is 0 Å². The molecule has 0 bridgehead atoms. The molecule has 7 heteroatoms. The van der Waals surface area contributed by atoms with Gasteiger partial charge in [0.25, 0.3) is 0 Å². The third-order valence-electron chi connectivity index (χ3n) is 1.64. The third kappa shape index (κ3) is 6.27. The van der Waals surface area contributed by atoms with E-state index in [4.69, 9.17) is 5.11 Å². The van der Waals surface area contributed by atoms with E-state index in [1.807, 2.05) is 0 Å². The highest BCUT2D eigenvalue weighted by molar-refractivity contribution is 5.66. The number of aliphatic carboxylic acids is 1. The number of rotatable bonds is 7. The lowest BCUT2D eigenvalue weighted by Crippen LogP contribution is -2.34. The van der Waals surface area contributed by atoms with Crippen molar-refractivity contribution in [2.75, 3.05) is 6.61 Å². The first-order valence-corrected chi connectivity index (χ1v) is 4.25. The molecule has 1 N–H and O–H groups in total. The summed E-state index contributed by atoms with van der Waals surface area (Å²) in [6.45, 7) is -0.0457. The van der Waals surface area contributed by atoms with E-state index in [1.165, 1.54) is 6.92 Å². The van der Waals surface area contributed by atoms with Gasteiger partial charge >= 0.3 is 18.3 Å². The van der Waals surface area contributed by atoms with Crippen LogP contribution in [0.15, 0.2) is 0 Å². The smallest absolute Gasteiger partial charge is 0.330 e. The van der Waals surface area contributed by atoms with Crippen LogP contribution in [0.25, 0.3) is 0 Å². The summed E-state index contributed by atoms with van der Waals surface area (Å²) in [6, 6.07) is 0. The lowest BCUT2D eigenvalue weighted by Gasteiger charge is -2.18. The minimum atomic E-state index is -4.18. The van der Waals surface area contributed by atoms with E-state index in [-0.39, 0.29) is 12.8 Å². The highest BCUT2D eigenvalue weighted by atomic mass is 19.3. The Morgan fingerprint density at radius 2 is 2.00 bits per heavy atom. The fourth-order valence-electron chi connectivity index (χ4n) is 0.726. The van der Waals surface area contributed by atoms with Gasteiger partial charge in [-0.1, -0.05) is 0 Å². The molecular formula is C8H12F4O3. The predicted octanol–water partition coefficient (Wildman–Crippen LogP) is 2.16. The van der Waals surface area contributed by atoms with Crippen molar-refractivity contribution in [3.63, 3.8) is 0 Å². The average molecular weight is 232 g/mol. The van der Waals surface area contributed by atoms with Gasteiger partial charge in [0, 0.05) is 6.42 Å². The van der Waals surface area contributed by atoms with Gasteiger partial charge in [-0.05, 0) is 13.3 Å². The van der Waals surface area contributed by atoms with Crippen molar-refractivity contribution in [2.45, 2.75) is 38.2 Å². The molecule has 0 saturated carbocycles. The number of ether oxygens (including phenoxy) is 1. The average Bonchev–Trinajstić information content (AvgIpc) is 2.11. The van der Waals surface area contributed by atoms with Crippen LogP contribution in [0, 0.1) is 0 Å². The Kier molecular flexibility index (Phi) is 5.56. The number of hydrogen-bond acceptors (Lipinski definition) is 2. The summed E-state index contributed by atoms with van der Waals surface area (Å²) in [6.07, 6.45) is -4.80. The molecule has 0 radical (unpaired) electrons. The first-order valence-electron chi connectivity index (χ1n) is 4.25. The number of hydrogen-bond donors (Lipinski definition) is 1. The zero-order chi connectivity index (χ0) is 12.1. The van der Waals surface area contributed by atoms with Gasteiger partial charge in [-0.3, -0.25) is 4.79 Å². The summed E-state index contributed by atoms with van der Waals surface area (Å²) in [5.41, 5.74) is 0. The Labute approximate surface area is 84.0 Å². The quantitative estimate of drug-likeness (QED) is 0.684. The van der Waals surface area contributed by atoms with Gasteiger partial charge < -0.3 is 9.84 Å². The minimum Gasteiger partial charge on any atom is -0.481 e. The molecule has 0 aliphatic carbocycles. The Morgan fingerprint density at radius 3 is 2.40 bits per heavy atom. The molecule has 90 valence electrons. The molecule has 0 spiro atoms. The molecule has 0 aliphatic rings. The molecule has 0 aromatic heterocycles. The molecule has 0 aromatic rings. The van der Waals surface area contributed by atoms with Crippen LogP contribution in [0.1, 0.15) is 19.8 Å². The Hall–Kier alpha value is -0.850. The number of carboxylic acids is 1. The highest BCUT2D eigenvalue weighted by Crippen LogP contribution is 2.23. The lowest BCUT2D eigenvalue weighted by molar-refractivity contribution is -0.175. The third-order valence-corrected chi connectivity index (χ3v) is 1.64. The summed E-state index contributed by atoms with van der Waals surface area (Å²) in [5.74, 6) is -5.27. The lowest BCUT2D eigenvalue weighted by atomic mass is 10.2. The summed E-state index contributed by atoms with van der Waals surface area (Å²) in [5, 5.41) is 8.25. The number of carboxylic acid groups (broad SMARTS) is 1. The maximum Gasteiger partial charge on any atom is 0.330 e. The topological polar surface area (TPSA) is 46.5 Å². The highest BCUT2D eigenvalue weighted by Gasteiger charge is 2.41. The molecule has 1 unspecified atom stereocenters. The van der Waals surface area contributed by atoms with Crippen LogP contribution in [0.5, 0.6) is 0 Å². The largest absolute Gasteiger partial charge is 0.481 e. The van der Waals surface area contributed by atoms with Crippen LogP contribution < -0.4 is 0 Å². The fourth-order valence-corrected chi connectivity index (χ4v) is 0.726. The SMILES string of the molecule is CC(CCC(=O)O)OCC(F)(F)C(F)F. The Morgan fingerprint density at radius 1 is 1.47 bits per heavy atom. The molecule has 0 rings (SSSR count). The van der Waals surface area contributed by atoms with Gasteiger partial charge in [0.05, 0.1) is 6.10 Å². The van der Waals surface area contributed by atoms with Crippen molar-refractivity contribution in [1.82, 2.24) is 0 Å². The van der Waals surface area contributed by atoms with Crippen LogP contribution in [0.4, 0.5) is 17.6 Å². The Bertz CT molecular complexity index is 208. The molecule has 0 aliphatic heterocycles. The molecule has 0 aromatic carbocycles. The van der Waals surface area contributed by atoms with Gasteiger partial charge in [-0.15, -0.1) is 0 Å². The van der Waals surface area contributed by atoms with E-state index in [9.17, 15) is 22.4 Å². The molecule has 0 heterocycles. The molecule has 3 nitrogen and oxygen atoms in total. The molecule has 0 fully saturated rings. The normalized spacial score (nSPS) is 14.3. The van der Waals surface area contributed by atoms with E-state index < -0.39 is 31.0 Å². The van der Waals surface area contributed by atoms with Crippen LogP contribution in [0.3, 0.4) is 0 Å². The van der Waals surface area contributed by atoms with E-state index in [2.05, 4.69) is 4.74 Å². The van der Waals surface area contributed by atoms with Crippen molar-refractivity contribution in [3.8, 4) is 0 Å². The van der Waals surface area contributed by atoms with E-state index >= 15 is 0 Å². The number of alkyl halides is 4. The summed E-state index contributed by atoms with van der Waals surface area (Å²) in [4.78, 5) is 10.1. The van der Waals surface area contributed by atoms with Gasteiger partial charge in [0.1, 0.15) is 6.61 Å². The molecule has 1 atom stereocenters. The second-order valence-electron chi connectivity index (χ2n) is 3.12. The summed E-state index contributed by atoms with van der Waals surface area (Å²) < 4.78 is 52.4. The molecule has 0 amide bonds. The van der Waals surface area contributed by atoms with E-state index in [1.54, 1.807) is 0 Å². The fraction of sp³-hybridized carbons (Fsp3) is 0.875. The zero-order valence-corrected chi connectivity index (χ0v) is 8.05. The molecular weight excluding hydrogens is 220 g/mol. The van der Waals surface area contributed by atoms with Crippen molar-refractivity contribution >= 4 is 5.97 Å². The van der Waals surface area contributed by atoms with Crippen molar-refractivity contribution < 1.29 is 32.2 Å². The predicted molar refractivity (Wildman–Crippen MR) is 43.2 cm³/mol. The minimum absolute atomic E-state index is 0.00858. The maximum atomic E-state index is 12.3. The van der Waals surface area contributed by atoms with E-state index in [0.29, 0.717) is 0 Å². The van der Waals surface area contributed by atoms with Crippen LogP contribution in [-0.2, 0) is 9.53 Å². The second-order valence-corrected chi connectivity index (χ2v) is 3.12. The van der Waals surface area contributed by atoms with Gasteiger partial charge in [-0.2, -0.15) is 8.78 Å². The molecule has 0 saturated heterocycles. The number of halogens is 4. The number of carbonyl (C=O) groups is 1. The van der Waals surface area contributed by atoms with Crippen molar-refractivity contribution in [2.24, 2.45) is 0 Å². The molecule has 15 heavy (non-hydrogen) atoms. The van der Waals surface area contributed by atoms with Crippen LogP contribution >= 0.6 is 0 Å². The first kappa shape index (κ1) is 14.2. The standard InChI is InChI=1S/C8H12F4O3/c1-5(2-3-6(13)14)15-4-8(11,12)7(9)10/h5,7H,2-4H2,1H3,(H,13,14). The van der Waals surface area contributed by atoms with Crippen molar-refractivity contribution in [3.05, 3.63) is 0 Å². The maximum absolute atomic E-state index is 12.3. The Balaban J connectivity index is 3.79. The second kappa shape index (κ2) is 5.89. The van der Waals surface area contributed by atoms with Crippen LogP contribution in [0.2, 0.25) is 0 Å².